The summed E-state index contributed by atoms with van der Waals surface area (Å²) in [4.78, 5) is 11.1. The van der Waals surface area contributed by atoms with Gasteiger partial charge in [-0.15, -0.1) is 0 Å². The molecule has 1 saturated carbocycles. The van der Waals surface area contributed by atoms with Crippen molar-refractivity contribution in [2.24, 2.45) is 0 Å². The van der Waals surface area contributed by atoms with Crippen molar-refractivity contribution in [3.63, 3.8) is 0 Å². The maximum atomic E-state index is 5.81. The molecule has 2 fully saturated rings. The number of hydrogen-bond acceptors (Lipinski definition) is 3. The van der Waals surface area contributed by atoms with Gasteiger partial charge in [-0.3, -0.25) is 9.97 Å². The molecule has 5 rings (SSSR count). The summed E-state index contributed by atoms with van der Waals surface area (Å²) < 4.78 is 2.51. The molecule has 1 N–H and O–H groups in total. The van der Waals surface area contributed by atoms with E-state index in [4.69, 9.17) is 12.2 Å². The van der Waals surface area contributed by atoms with E-state index in [0.717, 1.165) is 17.4 Å². The molecule has 148 valence electrons. The molecule has 0 aromatic carbocycles. The van der Waals surface area contributed by atoms with E-state index in [-0.39, 0.29) is 12.1 Å². The number of nitrogens with zero attached hydrogens (tertiary/aromatic N) is 4. The van der Waals surface area contributed by atoms with E-state index in [1.807, 2.05) is 30.7 Å². The fourth-order valence-corrected chi connectivity index (χ4v) is 4.90. The maximum absolute atomic E-state index is 5.81. The zero-order valence-electron chi connectivity index (χ0n) is 16.7. The Labute approximate surface area is 176 Å². The zero-order valence-corrected chi connectivity index (χ0v) is 17.6. The monoisotopic (exact) mass is 403 g/mol. The van der Waals surface area contributed by atoms with Crippen LogP contribution in [0.1, 0.15) is 59.2 Å². The van der Waals surface area contributed by atoms with Crippen LogP contribution in [0.3, 0.4) is 0 Å². The Balaban J connectivity index is 1.59. The molecule has 1 aliphatic carbocycles. The van der Waals surface area contributed by atoms with Gasteiger partial charge in [0.15, 0.2) is 5.11 Å². The number of thiocarbonyl (C=S) groups is 1. The van der Waals surface area contributed by atoms with Crippen LogP contribution in [-0.4, -0.2) is 24.5 Å². The highest BCUT2D eigenvalue weighted by atomic mass is 32.1. The largest absolute Gasteiger partial charge is 0.352 e. The first kappa shape index (κ1) is 18.3. The van der Waals surface area contributed by atoms with Crippen LogP contribution in [0.2, 0.25) is 0 Å². The van der Waals surface area contributed by atoms with Crippen molar-refractivity contribution in [1.29, 1.82) is 0 Å². The van der Waals surface area contributed by atoms with Crippen molar-refractivity contribution in [3.05, 3.63) is 83.2 Å². The molecule has 0 bridgehead atoms. The highest BCUT2D eigenvalue weighted by Crippen LogP contribution is 2.44. The highest BCUT2D eigenvalue weighted by Gasteiger charge is 2.42. The van der Waals surface area contributed by atoms with Crippen molar-refractivity contribution in [1.82, 2.24) is 24.8 Å². The zero-order chi connectivity index (χ0) is 20.0. The molecule has 6 heteroatoms. The maximum Gasteiger partial charge on any atom is 0.170 e. The number of nitrogens with one attached hydrogen (secondary N) is 1. The van der Waals surface area contributed by atoms with Crippen molar-refractivity contribution in [2.45, 2.75) is 51.4 Å². The smallest absolute Gasteiger partial charge is 0.170 e. The minimum Gasteiger partial charge on any atom is -0.352 e. The van der Waals surface area contributed by atoms with Gasteiger partial charge in [0, 0.05) is 42.6 Å². The van der Waals surface area contributed by atoms with E-state index >= 15 is 0 Å². The molecule has 3 aromatic heterocycles. The second-order valence-electron chi connectivity index (χ2n) is 8.04. The Hall–Kier alpha value is -2.73. The van der Waals surface area contributed by atoms with E-state index in [1.165, 1.54) is 35.4 Å². The van der Waals surface area contributed by atoms with Crippen LogP contribution in [0.15, 0.2) is 55.0 Å². The van der Waals surface area contributed by atoms with Gasteiger partial charge in [-0.05, 0) is 80.4 Å². The second kappa shape index (κ2) is 7.26. The second-order valence-corrected chi connectivity index (χ2v) is 8.42. The Morgan fingerprint density at radius 2 is 1.90 bits per heavy atom. The molecule has 29 heavy (non-hydrogen) atoms. The van der Waals surface area contributed by atoms with Crippen LogP contribution in [0.25, 0.3) is 0 Å². The van der Waals surface area contributed by atoms with Crippen molar-refractivity contribution < 1.29 is 0 Å². The lowest BCUT2D eigenvalue weighted by atomic mass is 9.96. The molecule has 1 aliphatic heterocycles. The third-order valence-corrected chi connectivity index (χ3v) is 6.41. The number of aromatic nitrogens is 3. The first-order chi connectivity index (χ1) is 14.1. The van der Waals surface area contributed by atoms with Gasteiger partial charge in [0.2, 0.25) is 0 Å². The third kappa shape index (κ3) is 3.31. The lowest BCUT2D eigenvalue weighted by Crippen LogP contribution is -2.29. The fraction of sp³-hybridized carbons (Fsp3) is 0.348. The van der Waals surface area contributed by atoms with Gasteiger partial charge in [-0.1, -0.05) is 6.07 Å². The Kier molecular flexibility index (Phi) is 4.59. The predicted molar refractivity (Wildman–Crippen MR) is 117 cm³/mol. The molecule has 2 atom stereocenters. The van der Waals surface area contributed by atoms with Gasteiger partial charge in [-0.25, -0.2) is 0 Å². The number of hydrogen-bond donors (Lipinski definition) is 1. The Morgan fingerprint density at radius 1 is 1.10 bits per heavy atom. The topological polar surface area (TPSA) is 46.0 Å². The van der Waals surface area contributed by atoms with Crippen LogP contribution in [-0.2, 0) is 6.54 Å². The number of aryl methyl sites for hydroxylation is 1. The summed E-state index contributed by atoms with van der Waals surface area (Å²) in [7, 11) is 0. The minimum absolute atomic E-state index is 0.0266. The lowest BCUT2D eigenvalue weighted by molar-refractivity contribution is 0.309. The quantitative estimate of drug-likeness (QED) is 0.640. The molecule has 5 nitrogen and oxygen atoms in total. The summed E-state index contributed by atoms with van der Waals surface area (Å²) in [5.41, 5.74) is 6.25. The SMILES string of the molecule is Cc1cc([C@@H]2[C@@H](c3ccccn3)NC(=S)N2Cc2ccncc2)c(C)n1C1CC1. The van der Waals surface area contributed by atoms with Crippen LogP contribution < -0.4 is 5.32 Å². The normalized spacial score (nSPS) is 21.4. The van der Waals surface area contributed by atoms with Gasteiger partial charge in [-0.2, -0.15) is 0 Å². The fourth-order valence-electron chi connectivity index (χ4n) is 4.60. The van der Waals surface area contributed by atoms with Crippen LogP contribution in [0, 0.1) is 13.8 Å². The standard InChI is InChI=1S/C23H25N5S/c1-15-13-19(16(2)28(15)18-6-7-18)22-21(20-5-3-4-10-25-20)26-23(29)27(22)14-17-8-11-24-12-9-17/h3-5,8-13,18,21-22H,6-7,14H2,1-2H3,(H,26,29)/t21-,22-/m1/s1. The Bertz CT molecular complexity index is 1030. The molecule has 0 unspecified atom stereocenters. The van der Waals surface area contributed by atoms with E-state index in [9.17, 15) is 0 Å². The molecular formula is C23H25N5S. The predicted octanol–water partition coefficient (Wildman–Crippen LogP) is 4.40. The van der Waals surface area contributed by atoms with Crippen LogP contribution in [0.4, 0.5) is 0 Å². The van der Waals surface area contributed by atoms with Gasteiger partial charge in [0.05, 0.1) is 17.8 Å². The average molecular weight is 404 g/mol. The molecule has 0 radical (unpaired) electrons. The van der Waals surface area contributed by atoms with E-state index in [2.05, 4.69) is 62.9 Å². The summed E-state index contributed by atoms with van der Waals surface area (Å²) >= 11 is 5.81. The number of pyridine rings is 2. The molecular weight excluding hydrogens is 378 g/mol. The summed E-state index contributed by atoms with van der Waals surface area (Å²) in [6.45, 7) is 5.22. The molecule has 0 amide bonds. The van der Waals surface area contributed by atoms with Crippen LogP contribution in [0.5, 0.6) is 0 Å². The summed E-state index contributed by atoms with van der Waals surface area (Å²) in [6, 6.07) is 13.3. The van der Waals surface area contributed by atoms with Crippen LogP contribution >= 0.6 is 12.2 Å². The van der Waals surface area contributed by atoms with Crippen molar-refractivity contribution in [2.75, 3.05) is 0 Å². The summed E-state index contributed by atoms with van der Waals surface area (Å²) in [5, 5.41) is 4.34. The minimum atomic E-state index is 0.0266. The van der Waals surface area contributed by atoms with Crippen molar-refractivity contribution in [3.8, 4) is 0 Å². The van der Waals surface area contributed by atoms with E-state index < -0.39 is 0 Å². The molecule has 3 aromatic rings. The first-order valence-corrected chi connectivity index (χ1v) is 10.6. The third-order valence-electron chi connectivity index (χ3n) is 6.05. The lowest BCUT2D eigenvalue weighted by Gasteiger charge is -2.28. The Morgan fingerprint density at radius 3 is 2.59 bits per heavy atom. The molecule has 2 aliphatic rings. The van der Waals surface area contributed by atoms with Gasteiger partial charge >= 0.3 is 0 Å². The number of rotatable bonds is 5. The van der Waals surface area contributed by atoms with Crippen molar-refractivity contribution >= 4 is 17.3 Å². The summed E-state index contributed by atoms with van der Waals surface area (Å²) in [5.74, 6) is 0. The molecule has 4 heterocycles. The van der Waals surface area contributed by atoms with Gasteiger partial charge in [0.1, 0.15) is 0 Å². The van der Waals surface area contributed by atoms with E-state index in [1.54, 1.807) is 0 Å². The summed E-state index contributed by atoms with van der Waals surface area (Å²) in [6.07, 6.45) is 8.09. The average Bonchev–Trinajstić information content (AvgIpc) is 3.46. The molecule has 0 spiro atoms. The first-order valence-electron chi connectivity index (χ1n) is 10.2. The highest BCUT2D eigenvalue weighted by molar-refractivity contribution is 7.80. The van der Waals surface area contributed by atoms with E-state index in [0.29, 0.717) is 6.04 Å². The molecule has 1 saturated heterocycles. The van der Waals surface area contributed by atoms with Gasteiger partial charge in [0.25, 0.3) is 0 Å². The van der Waals surface area contributed by atoms with Gasteiger partial charge < -0.3 is 14.8 Å².